The van der Waals surface area contributed by atoms with Crippen LogP contribution in [0.4, 0.5) is 0 Å². The lowest BCUT2D eigenvalue weighted by Gasteiger charge is -2.13. The molecule has 4 aromatic heterocycles. The van der Waals surface area contributed by atoms with E-state index in [4.69, 9.17) is 0 Å². The third-order valence-electron chi connectivity index (χ3n) is 4.03. The Labute approximate surface area is 144 Å². The average molecular weight is 336 g/mol. The van der Waals surface area contributed by atoms with Crippen LogP contribution in [0.15, 0.2) is 12.5 Å². The van der Waals surface area contributed by atoms with Gasteiger partial charge in [0.15, 0.2) is 22.9 Å². The van der Waals surface area contributed by atoms with Crippen LogP contribution in [0.1, 0.15) is 52.1 Å². The number of nitrogens with one attached hydrogen (secondary N) is 2. The Bertz CT molecular complexity index is 1070. The molecule has 0 spiro atoms. The molecule has 128 valence electrons. The second-order valence-corrected chi connectivity index (χ2v) is 7.46. The van der Waals surface area contributed by atoms with Crippen LogP contribution >= 0.6 is 0 Å². The standard InChI is InChI=1S/C17H20N8/c1-8(2)10-11-13(20-7-19-10)24-15(22-11)14-18-6-9-12(23-14)25-16(21-9)17(3,4)5/h6-8H,1-5H3,(H,18,21,23,25)(H,19,20,22,24). The second-order valence-electron chi connectivity index (χ2n) is 7.46. The fraction of sp³-hybridized carbons (Fsp3) is 0.412. The van der Waals surface area contributed by atoms with Gasteiger partial charge < -0.3 is 9.97 Å². The Kier molecular flexibility index (Phi) is 3.31. The first-order chi connectivity index (χ1) is 11.8. The number of aromatic nitrogens is 8. The molecular weight excluding hydrogens is 316 g/mol. The van der Waals surface area contributed by atoms with Crippen LogP contribution in [0.25, 0.3) is 34.0 Å². The van der Waals surface area contributed by atoms with E-state index < -0.39 is 0 Å². The first-order valence-corrected chi connectivity index (χ1v) is 8.27. The van der Waals surface area contributed by atoms with Crippen molar-refractivity contribution in [3.63, 3.8) is 0 Å². The molecular formula is C17H20N8. The molecule has 0 atom stereocenters. The summed E-state index contributed by atoms with van der Waals surface area (Å²) in [5.74, 6) is 2.21. The summed E-state index contributed by atoms with van der Waals surface area (Å²) in [7, 11) is 0. The maximum absolute atomic E-state index is 4.59. The number of hydrogen-bond acceptors (Lipinski definition) is 6. The molecule has 8 nitrogen and oxygen atoms in total. The van der Waals surface area contributed by atoms with E-state index in [0.29, 0.717) is 22.9 Å². The molecule has 8 heteroatoms. The van der Waals surface area contributed by atoms with Crippen molar-refractivity contribution >= 4 is 22.3 Å². The van der Waals surface area contributed by atoms with Gasteiger partial charge in [-0.15, -0.1) is 0 Å². The Morgan fingerprint density at radius 1 is 0.920 bits per heavy atom. The van der Waals surface area contributed by atoms with Gasteiger partial charge in [-0.3, -0.25) is 0 Å². The highest BCUT2D eigenvalue weighted by molar-refractivity contribution is 5.78. The van der Waals surface area contributed by atoms with E-state index in [2.05, 4.69) is 74.5 Å². The fourth-order valence-electron chi connectivity index (χ4n) is 2.67. The summed E-state index contributed by atoms with van der Waals surface area (Å²) in [4.78, 5) is 33.2. The third kappa shape index (κ3) is 2.63. The first-order valence-electron chi connectivity index (χ1n) is 8.27. The van der Waals surface area contributed by atoms with Crippen molar-refractivity contribution in [2.24, 2.45) is 0 Å². The molecule has 0 amide bonds. The highest BCUT2D eigenvalue weighted by atomic mass is 15.1. The maximum Gasteiger partial charge on any atom is 0.197 e. The molecule has 2 N–H and O–H groups in total. The molecule has 4 rings (SSSR count). The van der Waals surface area contributed by atoms with Crippen LogP contribution in [-0.4, -0.2) is 39.9 Å². The summed E-state index contributed by atoms with van der Waals surface area (Å²) >= 11 is 0. The lowest BCUT2D eigenvalue weighted by atomic mass is 9.96. The number of rotatable bonds is 2. The number of aromatic amines is 2. The molecule has 0 fully saturated rings. The van der Waals surface area contributed by atoms with Gasteiger partial charge in [0.2, 0.25) is 0 Å². The largest absolute Gasteiger partial charge is 0.339 e. The molecule has 25 heavy (non-hydrogen) atoms. The molecule has 4 aromatic rings. The minimum atomic E-state index is -0.0814. The Hall–Kier alpha value is -2.90. The second kappa shape index (κ2) is 5.30. The fourth-order valence-corrected chi connectivity index (χ4v) is 2.67. The summed E-state index contributed by atoms with van der Waals surface area (Å²) in [6, 6.07) is 0. The first kappa shape index (κ1) is 15.6. The lowest BCUT2D eigenvalue weighted by Crippen LogP contribution is -2.12. The van der Waals surface area contributed by atoms with Crippen LogP contribution in [0.2, 0.25) is 0 Å². The molecule has 0 saturated carbocycles. The van der Waals surface area contributed by atoms with E-state index in [1.165, 1.54) is 6.33 Å². The van der Waals surface area contributed by atoms with Gasteiger partial charge in [0, 0.05) is 5.41 Å². The van der Waals surface area contributed by atoms with Gasteiger partial charge in [0.1, 0.15) is 23.2 Å². The van der Waals surface area contributed by atoms with E-state index >= 15 is 0 Å². The van der Waals surface area contributed by atoms with Crippen LogP contribution in [-0.2, 0) is 5.41 Å². The smallest absolute Gasteiger partial charge is 0.197 e. The zero-order chi connectivity index (χ0) is 17.8. The molecule has 0 radical (unpaired) electrons. The molecule has 0 aliphatic carbocycles. The minimum Gasteiger partial charge on any atom is -0.339 e. The van der Waals surface area contributed by atoms with Crippen molar-refractivity contribution in [3.8, 4) is 11.6 Å². The van der Waals surface area contributed by atoms with E-state index in [1.54, 1.807) is 6.20 Å². The Morgan fingerprint density at radius 3 is 2.44 bits per heavy atom. The molecule has 4 heterocycles. The number of H-pyrrole nitrogens is 2. The van der Waals surface area contributed by atoms with Crippen molar-refractivity contribution in [1.82, 2.24) is 39.9 Å². The highest BCUT2D eigenvalue weighted by Crippen LogP contribution is 2.25. The third-order valence-corrected chi connectivity index (χ3v) is 4.03. The van der Waals surface area contributed by atoms with Gasteiger partial charge >= 0.3 is 0 Å². The van der Waals surface area contributed by atoms with E-state index in [1.807, 2.05) is 0 Å². The molecule has 0 aliphatic heterocycles. The van der Waals surface area contributed by atoms with E-state index in [9.17, 15) is 0 Å². The van der Waals surface area contributed by atoms with Gasteiger partial charge in [0.05, 0.1) is 11.9 Å². The zero-order valence-corrected chi connectivity index (χ0v) is 14.9. The molecule has 0 aliphatic rings. The lowest BCUT2D eigenvalue weighted by molar-refractivity contribution is 0.554. The quantitative estimate of drug-likeness (QED) is 0.582. The zero-order valence-electron chi connectivity index (χ0n) is 14.9. The molecule has 0 saturated heterocycles. The molecule has 0 aromatic carbocycles. The van der Waals surface area contributed by atoms with Gasteiger partial charge in [-0.2, -0.15) is 0 Å². The van der Waals surface area contributed by atoms with E-state index in [0.717, 1.165) is 22.6 Å². The monoisotopic (exact) mass is 336 g/mol. The van der Waals surface area contributed by atoms with E-state index in [-0.39, 0.29) is 11.3 Å². The van der Waals surface area contributed by atoms with Crippen molar-refractivity contribution in [2.45, 2.75) is 46.0 Å². The average Bonchev–Trinajstić information content (AvgIpc) is 3.16. The normalized spacial score (nSPS) is 12.6. The van der Waals surface area contributed by atoms with Crippen molar-refractivity contribution in [2.75, 3.05) is 0 Å². The van der Waals surface area contributed by atoms with Crippen LogP contribution in [0.5, 0.6) is 0 Å². The van der Waals surface area contributed by atoms with Crippen LogP contribution in [0, 0.1) is 0 Å². The Morgan fingerprint density at radius 2 is 1.72 bits per heavy atom. The summed E-state index contributed by atoms with van der Waals surface area (Å²) < 4.78 is 0. The predicted octanol–water partition coefficient (Wildman–Crippen LogP) is 3.11. The number of hydrogen-bond donors (Lipinski definition) is 2. The minimum absolute atomic E-state index is 0.0814. The highest BCUT2D eigenvalue weighted by Gasteiger charge is 2.20. The topological polar surface area (TPSA) is 109 Å². The number of nitrogens with zero attached hydrogens (tertiary/aromatic N) is 6. The van der Waals surface area contributed by atoms with Gasteiger partial charge in [-0.05, 0) is 5.92 Å². The van der Waals surface area contributed by atoms with Crippen molar-refractivity contribution in [1.29, 1.82) is 0 Å². The summed E-state index contributed by atoms with van der Waals surface area (Å²) in [6.07, 6.45) is 3.28. The van der Waals surface area contributed by atoms with Gasteiger partial charge in [-0.25, -0.2) is 29.9 Å². The SMILES string of the molecule is CC(C)c1ncnc2nc(-c3ncc4[nH]c(C(C)(C)C)nc4n3)[nH]c12. The number of fused-ring (bicyclic) bond motifs is 2. The summed E-state index contributed by atoms with van der Waals surface area (Å²) in [5.41, 5.74) is 3.74. The summed E-state index contributed by atoms with van der Waals surface area (Å²) in [6.45, 7) is 10.5. The predicted molar refractivity (Wildman–Crippen MR) is 95.2 cm³/mol. The van der Waals surface area contributed by atoms with Crippen molar-refractivity contribution < 1.29 is 0 Å². The molecule has 0 bridgehead atoms. The van der Waals surface area contributed by atoms with Gasteiger partial charge in [0.25, 0.3) is 0 Å². The molecule has 0 unspecified atom stereocenters. The van der Waals surface area contributed by atoms with Gasteiger partial charge in [-0.1, -0.05) is 34.6 Å². The summed E-state index contributed by atoms with van der Waals surface area (Å²) in [5, 5.41) is 0. The maximum atomic E-state index is 4.59. The number of imidazole rings is 2. The van der Waals surface area contributed by atoms with Crippen molar-refractivity contribution in [3.05, 3.63) is 24.0 Å². The van der Waals surface area contributed by atoms with Crippen LogP contribution < -0.4 is 0 Å². The Balaban J connectivity index is 1.84. The van der Waals surface area contributed by atoms with Crippen LogP contribution in [0.3, 0.4) is 0 Å².